The van der Waals surface area contributed by atoms with Gasteiger partial charge >= 0.3 is 0 Å². The third-order valence-corrected chi connectivity index (χ3v) is 5.44. The van der Waals surface area contributed by atoms with E-state index in [9.17, 15) is 5.26 Å². The van der Waals surface area contributed by atoms with Gasteiger partial charge in [-0.2, -0.15) is 10.4 Å². The fourth-order valence-electron chi connectivity index (χ4n) is 3.60. The number of halogens is 2. The predicted molar refractivity (Wildman–Crippen MR) is 128 cm³/mol. The van der Waals surface area contributed by atoms with Gasteiger partial charge in [-0.1, -0.05) is 37.0 Å². The number of nitrogens with zero attached hydrogens (tertiary/aromatic N) is 7. The van der Waals surface area contributed by atoms with E-state index in [2.05, 4.69) is 40.3 Å². The first kappa shape index (κ1) is 23.8. The van der Waals surface area contributed by atoms with Gasteiger partial charge in [-0.25, -0.2) is 15.0 Å². The second-order valence-electron chi connectivity index (χ2n) is 8.13. The summed E-state index contributed by atoms with van der Waals surface area (Å²) < 4.78 is 1.81. The number of guanidine groups is 1. The Kier molecular flexibility index (Phi) is 7.22. The Morgan fingerprint density at radius 1 is 1.19 bits per heavy atom. The molecule has 0 aliphatic heterocycles. The minimum Gasteiger partial charge on any atom is -0.334 e. The van der Waals surface area contributed by atoms with Crippen LogP contribution in [-0.2, 0) is 13.6 Å². The van der Waals surface area contributed by atoms with Crippen molar-refractivity contribution < 1.29 is 0 Å². The van der Waals surface area contributed by atoms with E-state index in [1.807, 2.05) is 43.6 Å². The summed E-state index contributed by atoms with van der Waals surface area (Å²) in [6.07, 6.45) is 1.97. The molecule has 0 radical (unpaired) electrons. The van der Waals surface area contributed by atoms with Crippen molar-refractivity contribution >= 4 is 45.9 Å². The fraction of sp³-hybridized carbons (Fsp3) is 0.409. The molecule has 0 amide bonds. The first-order chi connectivity index (χ1) is 15.1. The van der Waals surface area contributed by atoms with Crippen LogP contribution in [0.2, 0.25) is 10.3 Å². The second kappa shape index (κ2) is 9.72. The highest BCUT2D eigenvalue weighted by atomic mass is 35.5. The Hall–Kier alpha value is -2.89. The van der Waals surface area contributed by atoms with Crippen LogP contribution >= 0.6 is 23.2 Å². The minimum absolute atomic E-state index is 0.0238. The number of nitriles is 1. The number of fused-ring (bicyclic) bond motifs is 1. The number of nitrogens with one attached hydrogen (secondary N) is 1. The van der Waals surface area contributed by atoms with Crippen LogP contribution in [0.5, 0.6) is 0 Å². The molecular weight excluding hydrogens is 447 g/mol. The van der Waals surface area contributed by atoms with Gasteiger partial charge in [0.2, 0.25) is 5.96 Å². The van der Waals surface area contributed by atoms with Crippen molar-refractivity contribution in [3.05, 3.63) is 45.5 Å². The molecule has 0 atom stereocenters. The van der Waals surface area contributed by atoms with Crippen molar-refractivity contribution in [1.29, 1.82) is 5.26 Å². The lowest BCUT2D eigenvalue weighted by Gasteiger charge is -2.29. The Morgan fingerprint density at radius 2 is 1.84 bits per heavy atom. The van der Waals surface area contributed by atoms with Crippen LogP contribution in [0.4, 0.5) is 5.69 Å². The monoisotopic (exact) mass is 472 g/mol. The van der Waals surface area contributed by atoms with E-state index in [0.717, 1.165) is 22.4 Å². The molecule has 3 heterocycles. The molecule has 168 valence electrons. The highest BCUT2D eigenvalue weighted by Crippen LogP contribution is 2.28. The Balaban J connectivity index is 2.08. The minimum atomic E-state index is 0.0238. The number of hydrogen-bond donors (Lipinski definition) is 1. The quantitative estimate of drug-likeness (QED) is 0.183. The molecule has 3 aromatic rings. The van der Waals surface area contributed by atoms with Crippen LogP contribution in [-0.4, -0.2) is 36.6 Å². The first-order valence-electron chi connectivity index (χ1n) is 10.3. The fourth-order valence-corrected chi connectivity index (χ4v) is 4.05. The molecule has 3 aromatic heterocycles. The van der Waals surface area contributed by atoms with Crippen molar-refractivity contribution in [1.82, 2.24) is 30.0 Å². The van der Waals surface area contributed by atoms with E-state index >= 15 is 0 Å². The van der Waals surface area contributed by atoms with Gasteiger partial charge in [0.05, 0.1) is 23.6 Å². The van der Waals surface area contributed by atoms with E-state index in [1.54, 1.807) is 12.1 Å². The lowest BCUT2D eigenvalue weighted by Crippen LogP contribution is -2.43. The second-order valence-corrected chi connectivity index (χ2v) is 8.90. The molecule has 0 fully saturated rings. The van der Waals surface area contributed by atoms with Gasteiger partial charge in [0, 0.05) is 30.6 Å². The maximum atomic E-state index is 9.36. The Labute approximate surface area is 197 Å². The largest absolute Gasteiger partial charge is 0.334 e. The molecule has 0 aliphatic rings. The van der Waals surface area contributed by atoms with Crippen LogP contribution in [0.3, 0.4) is 0 Å². The van der Waals surface area contributed by atoms with E-state index in [-0.39, 0.29) is 16.3 Å². The van der Waals surface area contributed by atoms with Gasteiger partial charge in [0.1, 0.15) is 10.3 Å². The third-order valence-electron chi connectivity index (χ3n) is 5.05. The Bertz CT molecular complexity index is 1190. The molecule has 0 bridgehead atoms. The van der Waals surface area contributed by atoms with Gasteiger partial charge in [0.25, 0.3) is 0 Å². The highest BCUT2D eigenvalue weighted by Gasteiger charge is 2.20. The van der Waals surface area contributed by atoms with Crippen LogP contribution < -0.4 is 5.32 Å². The molecule has 0 spiro atoms. The number of aliphatic imine (C=N–C) groups is 1. The standard InChI is InChI=1S/C22H26Cl2N8/c1-12(2)17-7-16(27-21-20(17)14(5)30-31(21)6)10-32(13(3)4)22(26-11-25)28-15-8-18(23)29-19(24)9-15/h7-9,12-13H,10H2,1-6H3,(H,26,28,29). The molecule has 3 rings (SSSR count). The van der Waals surface area contributed by atoms with E-state index in [1.165, 1.54) is 5.56 Å². The smallest absolute Gasteiger partial charge is 0.213 e. The molecule has 0 aliphatic carbocycles. The topological polar surface area (TPSA) is 95.0 Å². The van der Waals surface area contributed by atoms with Crippen molar-refractivity contribution in [3.8, 4) is 6.19 Å². The summed E-state index contributed by atoms with van der Waals surface area (Å²) in [4.78, 5) is 15.4. The number of aryl methyl sites for hydroxylation is 2. The van der Waals surface area contributed by atoms with Gasteiger partial charge in [0.15, 0.2) is 11.8 Å². The number of pyridine rings is 2. The summed E-state index contributed by atoms with van der Waals surface area (Å²) in [7, 11) is 1.90. The van der Waals surface area contributed by atoms with Crippen molar-refractivity contribution in [2.24, 2.45) is 12.0 Å². The SMILES string of the molecule is Cc1nn(C)c2nc(CN(C(=Nc3cc(Cl)nc(Cl)c3)NC#N)C(C)C)cc(C(C)C)c12. The average molecular weight is 473 g/mol. The molecule has 0 saturated carbocycles. The van der Waals surface area contributed by atoms with Crippen LogP contribution in [0.25, 0.3) is 11.0 Å². The molecule has 10 heteroatoms. The van der Waals surface area contributed by atoms with E-state index < -0.39 is 0 Å². The van der Waals surface area contributed by atoms with Crippen molar-refractivity contribution in [3.63, 3.8) is 0 Å². The lowest BCUT2D eigenvalue weighted by molar-refractivity contribution is 0.331. The summed E-state index contributed by atoms with van der Waals surface area (Å²) in [5, 5.41) is 18.1. The molecule has 32 heavy (non-hydrogen) atoms. The maximum absolute atomic E-state index is 9.36. The zero-order valence-corrected chi connectivity index (χ0v) is 20.5. The maximum Gasteiger partial charge on any atom is 0.213 e. The van der Waals surface area contributed by atoms with Gasteiger partial charge in [-0.3, -0.25) is 10.00 Å². The summed E-state index contributed by atoms with van der Waals surface area (Å²) in [6, 6.07) is 5.31. The zero-order chi connectivity index (χ0) is 23.6. The van der Waals surface area contributed by atoms with Crippen molar-refractivity contribution in [2.75, 3.05) is 0 Å². The zero-order valence-electron chi connectivity index (χ0n) is 19.0. The summed E-state index contributed by atoms with van der Waals surface area (Å²) in [6.45, 7) is 10.8. The molecular formula is C22H26Cl2N8. The number of aromatic nitrogens is 4. The lowest BCUT2D eigenvalue weighted by atomic mass is 9.98. The van der Waals surface area contributed by atoms with E-state index in [0.29, 0.717) is 24.1 Å². The van der Waals surface area contributed by atoms with Gasteiger partial charge in [-0.05, 0) is 38.3 Å². The first-order valence-corrected chi connectivity index (χ1v) is 11.0. The molecule has 0 saturated heterocycles. The third kappa shape index (κ3) is 5.12. The van der Waals surface area contributed by atoms with Crippen LogP contribution in [0, 0.1) is 18.4 Å². The Morgan fingerprint density at radius 3 is 2.41 bits per heavy atom. The highest BCUT2D eigenvalue weighted by molar-refractivity contribution is 6.32. The van der Waals surface area contributed by atoms with Crippen LogP contribution in [0.1, 0.15) is 50.6 Å². The molecule has 8 nitrogen and oxygen atoms in total. The predicted octanol–water partition coefficient (Wildman–Crippen LogP) is 5.07. The van der Waals surface area contributed by atoms with Crippen molar-refractivity contribution in [2.45, 2.75) is 53.1 Å². The molecule has 1 N–H and O–H groups in total. The van der Waals surface area contributed by atoms with Gasteiger partial charge in [-0.15, -0.1) is 0 Å². The summed E-state index contributed by atoms with van der Waals surface area (Å²) in [5.74, 6) is 0.677. The summed E-state index contributed by atoms with van der Waals surface area (Å²) >= 11 is 12.0. The van der Waals surface area contributed by atoms with Gasteiger partial charge < -0.3 is 4.90 Å². The average Bonchev–Trinajstić information content (AvgIpc) is 2.98. The number of hydrogen-bond acceptors (Lipinski definition) is 5. The number of rotatable bonds is 5. The van der Waals surface area contributed by atoms with Crippen LogP contribution in [0.15, 0.2) is 23.2 Å². The van der Waals surface area contributed by atoms with E-state index in [4.69, 9.17) is 28.2 Å². The molecule has 0 unspecified atom stereocenters. The molecule has 0 aromatic carbocycles. The summed E-state index contributed by atoms with van der Waals surface area (Å²) in [5.41, 5.74) is 4.35. The normalized spacial score (nSPS) is 12.0.